The predicted octanol–water partition coefficient (Wildman–Crippen LogP) is 2.83. The van der Waals surface area contributed by atoms with Crippen LogP contribution in [0.3, 0.4) is 0 Å². The van der Waals surface area contributed by atoms with Crippen molar-refractivity contribution in [3.8, 4) is 0 Å². The Bertz CT molecular complexity index is 403. The van der Waals surface area contributed by atoms with Crippen molar-refractivity contribution in [1.29, 1.82) is 0 Å². The third-order valence-corrected chi connectivity index (χ3v) is 4.70. The fourth-order valence-electron chi connectivity index (χ4n) is 3.45. The van der Waals surface area contributed by atoms with E-state index >= 15 is 0 Å². The van der Waals surface area contributed by atoms with Gasteiger partial charge in [0, 0.05) is 18.8 Å². The van der Waals surface area contributed by atoms with Gasteiger partial charge in [-0.1, -0.05) is 71.1 Å². The standard InChI is InChI=1S/C21H41NO4/c1-5-6-7-8-9-10-11-12-13-14-15-16-19(23)21(26,17-20(24)25)18-22(2,3)4/h26H,5-18H2,1-4H3/t21-/m1/s1. The van der Waals surface area contributed by atoms with Gasteiger partial charge in [0.25, 0.3) is 0 Å². The summed E-state index contributed by atoms with van der Waals surface area (Å²) in [7, 11) is 5.49. The molecular formula is C21H41NO4. The molecule has 0 aliphatic carbocycles. The van der Waals surface area contributed by atoms with Crippen LogP contribution in [0.5, 0.6) is 0 Å². The van der Waals surface area contributed by atoms with Crippen LogP contribution in [-0.4, -0.2) is 54.6 Å². The first-order valence-electron chi connectivity index (χ1n) is 10.4. The molecule has 5 heteroatoms. The lowest BCUT2D eigenvalue weighted by Crippen LogP contribution is -2.56. The lowest BCUT2D eigenvalue weighted by atomic mass is 9.89. The van der Waals surface area contributed by atoms with Gasteiger partial charge in [-0.2, -0.15) is 0 Å². The highest BCUT2D eigenvalue weighted by Gasteiger charge is 2.40. The Morgan fingerprint density at radius 3 is 1.65 bits per heavy atom. The summed E-state index contributed by atoms with van der Waals surface area (Å²) in [6, 6.07) is 0. The molecule has 0 saturated carbocycles. The van der Waals surface area contributed by atoms with Gasteiger partial charge < -0.3 is 19.5 Å². The van der Waals surface area contributed by atoms with Crippen LogP contribution < -0.4 is 5.11 Å². The number of aliphatic carboxylic acids is 1. The van der Waals surface area contributed by atoms with Crippen molar-refractivity contribution in [2.24, 2.45) is 0 Å². The largest absolute Gasteiger partial charge is 0.550 e. The molecule has 5 nitrogen and oxygen atoms in total. The Morgan fingerprint density at radius 1 is 0.846 bits per heavy atom. The minimum Gasteiger partial charge on any atom is -0.550 e. The number of hydrogen-bond donors (Lipinski definition) is 1. The van der Waals surface area contributed by atoms with Crippen molar-refractivity contribution in [1.82, 2.24) is 0 Å². The molecule has 0 fully saturated rings. The number of carbonyl (C=O) groups excluding carboxylic acids is 2. The summed E-state index contributed by atoms with van der Waals surface area (Å²) in [5.41, 5.74) is -1.82. The zero-order chi connectivity index (χ0) is 20.1. The first-order valence-corrected chi connectivity index (χ1v) is 10.4. The smallest absolute Gasteiger partial charge is 0.177 e. The number of carboxylic acids is 1. The number of Topliss-reactive ketones (excluding diaryl/α,β-unsaturated/α-hetero) is 1. The quantitative estimate of drug-likeness (QED) is 0.315. The van der Waals surface area contributed by atoms with Crippen LogP contribution in [0.25, 0.3) is 0 Å². The molecule has 0 bridgehead atoms. The zero-order valence-corrected chi connectivity index (χ0v) is 17.5. The third-order valence-electron chi connectivity index (χ3n) is 4.70. The van der Waals surface area contributed by atoms with E-state index in [1.165, 1.54) is 51.4 Å². The molecule has 26 heavy (non-hydrogen) atoms. The number of unbranched alkanes of at least 4 members (excludes halogenated alkanes) is 10. The Labute approximate surface area is 160 Å². The first-order chi connectivity index (χ1) is 12.1. The summed E-state index contributed by atoms with van der Waals surface area (Å²) in [6.45, 7) is 2.31. The average Bonchev–Trinajstić information content (AvgIpc) is 2.49. The monoisotopic (exact) mass is 371 g/mol. The molecule has 0 amide bonds. The van der Waals surface area contributed by atoms with E-state index in [1.54, 1.807) is 0 Å². The summed E-state index contributed by atoms with van der Waals surface area (Å²) in [5.74, 6) is -1.75. The molecule has 1 atom stereocenters. The van der Waals surface area contributed by atoms with E-state index < -0.39 is 18.0 Å². The van der Waals surface area contributed by atoms with Gasteiger partial charge in [0.2, 0.25) is 0 Å². The van der Waals surface area contributed by atoms with Crippen LogP contribution in [0.4, 0.5) is 0 Å². The topological polar surface area (TPSA) is 77.4 Å². The van der Waals surface area contributed by atoms with Gasteiger partial charge in [-0.25, -0.2) is 0 Å². The highest BCUT2D eigenvalue weighted by Crippen LogP contribution is 2.20. The van der Waals surface area contributed by atoms with Gasteiger partial charge >= 0.3 is 0 Å². The van der Waals surface area contributed by atoms with Gasteiger partial charge in [-0.05, 0) is 6.42 Å². The Kier molecular flexibility index (Phi) is 12.8. The van der Waals surface area contributed by atoms with E-state index in [0.717, 1.165) is 12.8 Å². The van der Waals surface area contributed by atoms with Crippen LogP contribution in [0.15, 0.2) is 0 Å². The molecule has 0 unspecified atom stereocenters. The summed E-state index contributed by atoms with van der Waals surface area (Å²) < 4.78 is 0.327. The van der Waals surface area contributed by atoms with E-state index in [0.29, 0.717) is 10.9 Å². The fraction of sp³-hybridized carbons (Fsp3) is 0.905. The van der Waals surface area contributed by atoms with Crippen LogP contribution >= 0.6 is 0 Å². The van der Waals surface area contributed by atoms with Gasteiger partial charge in [0.15, 0.2) is 11.4 Å². The number of nitrogens with zero attached hydrogens (tertiary/aromatic N) is 1. The predicted molar refractivity (Wildman–Crippen MR) is 104 cm³/mol. The van der Waals surface area contributed by atoms with Crippen molar-refractivity contribution < 1.29 is 24.3 Å². The minimum absolute atomic E-state index is 0.0812. The van der Waals surface area contributed by atoms with E-state index in [4.69, 9.17) is 0 Å². The summed E-state index contributed by atoms with van der Waals surface area (Å²) in [6.07, 6.45) is 12.7. The lowest BCUT2D eigenvalue weighted by molar-refractivity contribution is -0.875. The zero-order valence-electron chi connectivity index (χ0n) is 17.5. The van der Waals surface area contributed by atoms with Crippen LogP contribution in [0, 0.1) is 0 Å². The second kappa shape index (κ2) is 13.3. The maximum Gasteiger partial charge on any atom is 0.177 e. The number of aliphatic hydroxyl groups is 1. The van der Waals surface area contributed by atoms with E-state index in [1.807, 2.05) is 21.1 Å². The minimum atomic E-state index is -1.82. The molecule has 0 heterocycles. The lowest BCUT2D eigenvalue weighted by Gasteiger charge is -2.34. The van der Waals surface area contributed by atoms with E-state index in [9.17, 15) is 19.8 Å². The number of ketones is 1. The maximum atomic E-state index is 12.4. The maximum absolute atomic E-state index is 12.4. The fourth-order valence-corrected chi connectivity index (χ4v) is 3.45. The Hall–Kier alpha value is -0.940. The van der Waals surface area contributed by atoms with Crippen molar-refractivity contribution in [3.05, 3.63) is 0 Å². The average molecular weight is 372 g/mol. The SMILES string of the molecule is CCCCCCCCCCCCCC(=O)[C@@](O)(CC(=O)[O-])C[N+](C)(C)C. The van der Waals surface area contributed by atoms with Crippen molar-refractivity contribution >= 4 is 11.8 Å². The molecular weight excluding hydrogens is 330 g/mol. The highest BCUT2D eigenvalue weighted by atomic mass is 16.4. The van der Waals surface area contributed by atoms with Gasteiger partial charge in [-0.15, -0.1) is 0 Å². The second-order valence-electron chi connectivity index (χ2n) is 8.74. The van der Waals surface area contributed by atoms with E-state index in [-0.39, 0.29) is 18.7 Å². The van der Waals surface area contributed by atoms with Crippen molar-refractivity contribution in [2.45, 2.75) is 96.0 Å². The number of quaternary nitrogens is 1. The molecule has 0 aromatic heterocycles. The molecule has 0 aromatic rings. The summed E-state index contributed by atoms with van der Waals surface area (Å²) in [4.78, 5) is 23.3. The van der Waals surface area contributed by atoms with Crippen LogP contribution in [-0.2, 0) is 9.59 Å². The Morgan fingerprint density at radius 2 is 1.27 bits per heavy atom. The van der Waals surface area contributed by atoms with Crippen LogP contribution in [0.1, 0.15) is 90.4 Å². The number of hydrogen-bond acceptors (Lipinski definition) is 4. The molecule has 0 aromatic carbocycles. The van der Waals surface area contributed by atoms with Gasteiger partial charge in [0.05, 0.1) is 21.1 Å². The molecule has 154 valence electrons. The highest BCUT2D eigenvalue weighted by molar-refractivity contribution is 5.90. The van der Waals surface area contributed by atoms with Gasteiger partial charge in [-0.3, -0.25) is 4.79 Å². The number of likely N-dealkylation sites (N-methyl/N-ethyl adjacent to an activating group) is 1. The van der Waals surface area contributed by atoms with Crippen LogP contribution in [0.2, 0.25) is 0 Å². The Balaban J connectivity index is 3.97. The number of rotatable bonds is 17. The molecule has 0 aliphatic heterocycles. The molecule has 1 N–H and O–H groups in total. The molecule has 0 radical (unpaired) electrons. The summed E-state index contributed by atoms with van der Waals surface area (Å²) >= 11 is 0. The van der Waals surface area contributed by atoms with Crippen molar-refractivity contribution in [2.75, 3.05) is 27.7 Å². The molecule has 0 aliphatic rings. The number of carbonyl (C=O) groups is 2. The molecule has 0 spiro atoms. The van der Waals surface area contributed by atoms with Gasteiger partial charge in [0.1, 0.15) is 6.54 Å². The summed E-state index contributed by atoms with van der Waals surface area (Å²) in [5, 5.41) is 21.5. The molecule has 0 saturated heterocycles. The number of carboxylic acid groups (broad SMARTS) is 1. The second-order valence-corrected chi connectivity index (χ2v) is 8.74. The van der Waals surface area contributed by atoms with E-state index in [2.05, 4.69) is 6.92 Å². The normalized spacial score (nSPS) is 14.2. The molecule has 0 rings (SSSR count). The van der Waals surface area contributed by atoms with Crippen molar-refractivity contribution in [3.63, 3.8) is 0 Å². The first kappa shape index (κ1) is 25.1. The third kappa shape index (κ3) is 13.3.